The van der Waals surface area contributed by atoms with E-state index < -0.39 is 6.10 Å². The van der Waals surface area contributed by atoms with Crippen LogP contribution in [0.25, 0.3) is 0 Å². The number of rotatable bonds is 5. The minimum absolute atomic E-state index is 0.00173. The largest absolute Gasteiger partial charge is 0.491 e. The van der Waals surface area contributed by atoms with Crippen LogP contribution in [0.15, 0.2) is 36.4 Å². The van der Waals surface area contributed by atoms with Crippen LogP contribution in [-0.4, -0.2) is 48.0 Å². The molecule has 2 heterocycles. The number of halogens is 1. The molecule has 5 heteroatoms. The fourth-order valence-electron chi connectivity index (χ4n) is 4.73. The van der Waals surface area contributed by atoms with Gasteiger partial charge in [0, 0.05) is 43.9 Å². The van der Waals surface area contributed by atoms with Crippen molar-refractivity contribution in [3.8, 4) is 11.5 Å². The lowest BCUT2D eigenvalue weighted by Crippen LogP contribution is -2.49. The molecule has 0 unspecified atom stereocenters. The van der Waals surface area contributed by atoms with Gasteiger partial charge in [0.2, 0.25) is 0 Å². The molecule has 1 spiro atoms. The third-order valence-corrected chi connectivity index (χ3v) is 6.71. The van der Waals surface area contributed by atoms with E-state index >= 15 is 0 Å². The summed E-state index contributed by atoms with van der Waals surface area (Å²) in [5.41, 5.74) is 3.43. The Morgan fingerprint density at radius 3 is 2.61 bits per heavy atom. The minimum Gasteiger partial charge on any atom is -0.491 e. The number of aliphatic hydroxyl groups is 1. The van der Waals surface area contributed by atoms with Crippen LogP contribution >= 0.6 is 11.6 Å². The molecule has 2 aromatic rings. The van der Waals surface area contributed by atoms with E-state index in [1.54, 1.807) is 0 Å². The van der Waals surface area contributed by atoms with Gasteiger partial charge in [-0.3, -0.25) is 0 Å². The molecule has 1 saturated heterocycles. The maximum Gasteiger partial charge on any atom is 0.123 e. The average Bonchev–Trinajstić information content (AvgIpc) is 3.04. The average molecular weight is 444 g/mol. The second kappa shape index (κ2) is 8.65. The molecule has 0 saturated carbocycles. The first-order chi connectivity index (χ1) is 14.6. The Bertz CT molecular complexity index is 929. The number of aliphatic hydroxyl groups excluding tert-OH is 1. The minimum atomic E-state index is -0.525. The Hall–Kier alpha value is -1.75. The third-order valence-electron chi connectivity index (χ3n) is 6.47. The number of likely N-dealkylation sites (tertiary alicyclic amines) is 1. The topological polar surface area (TPSA) is 41.9 Å². The Labute approximate surface area is 191 Å². The normalized spacial score (nSPS) is 19.2. The molecule has 1 N–H and O–H groups in total. The molecule has 0 bridgehead atoms. The van der Waals surface area contributed by atoms with E-state index in [1.165, 1.54) is 11.1 Å². The fraction of sp³-hybridized carbons (Fsp3) is 0.538. The molecule has 168 valence electrons. The van der Waals surface area contributed by atoms with Crippen LogP contribution in [0.2, 0.25) is 5.02 Å². The van der Waals surface area contributed by atoms with Crippen molar-refractivity contribution in [2.24, 2.45) is 0 Å². The number of hydrogen-bond acceptors (Lipinski definition) is 4. The molecule has 1 atom stereocenters. The van der Waals surface area contributed by atoms with Crippen LogP contribution in [0.1, 0.15) is 50.3 Å². The zero-order valence-corrected chi connectivity index (χ0v) is 19.8. The first-order valence-electron chi connectivity index (χ1n) is 11.3. The fourth-order valence-corrected chi connectivity index (χ4v) is 4.92. The van der Waals surface area contributed by atoms with Crippen molar-refractivity contribution < 1.29 is 14.6 Å². The van der Waals surface area contributed by atoms with Crippen LogP contribution < -0.4 is 9.47 Å². The summed E-state index contributed by atoms with van der Waals surface area (Å²) in [6, 6.07) is 12.2. The summed E-state index contributed by atoms with van der Waals surface area (Å²) < 4.78 is 12.4. The van der Waals surface area contributed by atoms with Crippen LogP contribution in [0.4, 0.5) is 0 Å². The van der Waals surface area contributed by atoms with E-state index in [-0.39, 0.29) is 11.0 Å². The highest BCUT2D eigenvalue weighted by Gasteiger charge is 2.42. The molecule has 0 amide bonds. The van der Waals surface area contributed by atoms with E-state index in [0.29, 0.717) is 13.2 Å². The summed E-state index contributed by atoms with van der Waals surface area (Å²) in [5.74, 6) is 1.85. The maximum absolute atomic E-state index is 10.6. The first kappa shape index (κ1) is 22.4. The lowest BCUT2D eigenvalue weighted by Gasteiger charge is -2.39. The molecular formula is C26H34ClNO3. The SMILES string of the molecule is Cc1ccc(C(C)(C)C)c(OC[C@H](O)CN2CCC3(CC2)Cc2cc(Cl)ccc2O3)c1. The van der Waals surface area contributed by atoms with Crippen LogP contribution in [0.5, 0.6) is 11.5 Å². The standard InChI is InChI=1S/C26H34ClNO3/c1-18-5-7-22(25(2,3)4)24(13-18)30-17-21(29)16-28-11-9-26(10-12-28)15-19-14-20(27)6-8-23(19)31-26/h5-8,13-14,21,29H,9-12,15-17H2,1-4H3/t21-/m1/s1. The molecule has 4 rings (SSSR count). The quantitative estimate of drug-likeness (QED) is 0.693. The molecule has 2 aliphatic heterocycles. The highest BCUT2D eigenvalue weighted by Crippen LogP contribution is 2.42. The molecule has 0 aliphatic carbocycles. The highest BCUT2D eigenvalue weighted by molar-refractivity contribution is 6.30. The summed E-state index contributed by atoms with van der Waals surface area (Å²) in [5, 5.41) is 11.4. The Morgan fingerprint density at radius 1 is 1.16 bits per heavy atom. The van der Waals surface area contributed by atoms with Gasteiger partial charge in [0.15, 0.2) is 0 Å². The molecule has 0 aromatic heterocycles. The molecule has 0 radical (unpaired) electrons. The number of hydrogen-bond donors (Lipinski definition) is 1. The second-order valence-electron chi connectivity index (χ2n) is 10.2. The summed E-state index contributed by atoms with van der Waals surface area (Å²) >= 11 is 6.14. The van der Waals surface area contributed by atoms with E-state index in [9.17, 15) is 5.11 Å². The van der Waals surface area contributed by atoms with E-state index in [0.717, 1.165) is 54.4 Å². The Kier molecular flexibility index (Phi) is 6.26. The number of fused-ring (bicyclic) bond motifs is 1. The van der Waals surface area contributed by atoms with Crippen molar-refractivity contribution in [3.05, 3.63) is 58.1 Å². The van der Waals surface area contributed by atoms with Gasteiger partial charge >= 0.3 is 0 Å². The van der Waals surface area contributed by atoms with Gasteiger partial charge in [-0.1, -0.05) is 44.5 Å². The number of aryl methyl sites for hydroxylation is 1. The summed E-state index contributed by atoms with van der Waals surface area (Å²) in [6.07, 6.45) is 2.31. The molecule has 31 heavy (non-hydrogen) atoms. The first-order valence-corrected chi connectivity index (χ1v) is 11.6. The van der Waals surface area contributed by atoms with Gasteiger partial charge in [-0.15, -0.1) is 0 Å². The van der Waals surface area contributed by atoms with Crippen molar-refractivity contribution in [1.29, 1.82) is 0 Å². The Morgan fingerprint density at radius 2 is 1.90 bits per heavy atom. The van der Waals surface area contributed by atoms with E-state index in [1.807, 2.05) is 18.2 Å². The number of ether oxygens (including phenoxy) is 2. The summed E-state index contributed by atoms with van der Waals surface area (Å²) in [4.78, 5) is 2.32. The predicted molar refractivity (Wildman–Crippen MR) is 126 cm³/mol. The number of nitrogens with zero attached hydrogens (tertiary/aromatic N) is 1. The molecule has 2 aliphatic rings. The molecular weight excluding hydrogens is 410 g/mol. The van der Waals surface area contributed by atoms with Gasteiger partial charge in [-0.25, -0.2) is 0 Å². The lowest BCUT2D eigenvalue weighted by atomic mass is 9.86. The van der Waals surface area contributed by atoms with Gasteiger partial charge in [-0.2, -0.15) is 0 Å². The van der Waals surface area contributed by atoms with Gasteiger partial charge < -0.3 is 19.5 Å². The van der Waals surface area contributed by atoms with E-state index in [2.05, 4.69) is 50.8 Å². The van der Waals surface area contributed by atoms with Crippen molar-refractivity contribution in [1.82, 2.24) is 4.90 Å². The zero-order valence-electron chi connectivity index (χ0n) is 19.1. The van der Waals surface area contributed by atoms with Gasteiger partial charge in [0.1, 0.15) is 29.8 Å². The number of β-amino-alcohol motifs (C(OH)–C–C–N with tert-alkyl or cyclic N) is 1. The van der Waals surface area contributed by atoms with Crippen molar-refractivity contribution in [2.75, 3.05) is 26.2 Å². The van der Waals surface area contributed by atoms with Gasteiger partial charge in [0.25, 0.3) is 0 Å². The van der Waals surface area contributed by atoms with Crippen LogP contribution in [0, 0.1) is 6.92 Å². The Balaban J connectivity index is 1.29. The number of piperidine rings is 1. The van der Waals surface area contributed by atoms with Crippen LogP contribution in [0.3, 0.4) is 0 Å². The predicted octanol–water partition coefficient (Wildman–Crippen LogP) is 5.16. The molecule has 1 fully saturated rings. The van der Waals surface area contributed by atoms with Gasteiger partial charge in [-0.05, 0) is 53.3 Å². The maximum atomic E-state index is 10.6. The lowest BCUT2D eigenvalue weighted by molar-refractivity contribution is -0.00206. The second-order valence-corrected chi connectivity index (χ2v) is 10.7. The molecule has 2 aromatic carbocycles. The van der Waals surface area contributed by atoms with Crippen molar-refractivity contribution >= 4 is 11.6 Å². The van der Waals surface area contributed by atoms with Gasteiger partial charge in [0.05, 0.1) is 0 Å². The summed E-state index contributed by atoms with van der Waals surface area (Å²) in [6.45, 7) is 11.4. The van der Waals surface area contributed by atoms with Crippen molar-refractivity contribution in [3.63, 3.8) is 0 Å². The highest BCUT2D eigenvalue weighted by atomic mass is 35.5. The number of benzene rings is 2. The van der Waals surface area contributed by atoms with Crippen molar-refractivity contribution in [2.45, 2.75) is 64.1 Å². The smallest absolute Gasteiger partial charge is 0.123 e. The molecule has 4 nitrogen and oxygen atoms in total. The van der Waals surface area contributed by atoms with E-state index in [4.69, 9.17) is 21.1 Å². The third kappa shape index (κ3) is 5.19. The summed E-state index contributed by atoms with van der Waals surface area (Å²) in [7, 11) is 0. The van der Waals surface area contributed by atoms with Crippen LogP contribution in [-0.2, 0) is 11.8 Å². The monoisotopic (exact) mass is 443 g/mol. The zero-order chi connectivity index (χ0) is 22.2.